The van der Waals surface area contributed by atoms with E-state index in [2.05, 4.69) is 31.6 Å². The highest BCUT2D eigenvalue weighted by atomic mass is 79.9. The Morgan fingerprint density at radius 3 is 2.21 bits per heavy atom. The van der Waals surface area contributed by atoms with Gasteiger partial charge in [0.2, 0.25) is 0 Å². The molecule has 1 amide bonds. The zero-order chi connectivity index (χ0) is 19.9. The summed E-state index contributed by atoms with van der Waals surface area (Å²) in [6.07, 6.45) is 0. The number of nitrogen functional groups attached to an aromatic ring is 1. The molecule has 0 aliphatic rings. The average molecular weight is 439 g/mol. The number of nitrogens with zero attached hydrogens (tertiary/aromatic N) is 2. The number of rotatable bonds is 5. The number of para-hydroxylation sites is 1. The number of nitrogens with one attached hydrogen (secondary N) is 1. The molecule has 0 radical (unpaired) electrons. The molecule has 8 heteroatoms. The maximum atomic E-state index is 12.0. The third-order valence-corrected chi connectivity index (χ3v) is 4.36. The monoisotopic (exact) mass is 438 g/mol. The summed E-state index contributed by atoms with van der Waals surface area (Å²) in [6.45, 7) is 0. The Morgan fingerprint density at radius 1 is 0.893 bits per heavy atom. The van der Waals surface area contributed by atoms with Crippen LogP contribution in [-0.2, 0) is 4.84 Å². The van der Waals surface area contributed by atoms with E-state index in [0.717, 1.165) is 0 Å². The van der Waals surface area contributed by atoms with Crippen LogP contribution in [0.15, 0.2) is 87.5 Å². The molecule has 0 aliphatic heterocycles. The Kier molecular flexibility index (Phi) is 6.13. The lowest BCUT2D eigenvalue weighted by atomic mass is 10.2. The predicted molar refractivity (Wildman–Crippen MR) is 109 cm³/mol. The van der Waals surface area contributed by atoms with Crippen LogP contribution in [0.25, 0.3) is 0 Å². The van der Waals surface area contributed by atoms with E-state index in [-0.39, 0.29) is 0 Å². The van der Waals surface area contributed by atoms with E-state index in [1.165, 1.54) is 0 Å². The second kappa shape index (κ2) is 8.92. The van der Waals surface area contributed by atoms with Crippen molar-refractivity contribution in [1.82, 2.24) is 0 Å². The second-order valence-corrected chi connectivity index (χ2v) is 6.47. The van der Waals surface area contributed by atoms with Gasteiger partial charge in [-0.25, -0.2) is 10.3 Å². The number of halogens is 1. The molecule has 28 heavy (non-hydrogen) atoms. The summed E-state index contributed by atoms with van der Waals surface area (Å²) in [7, 11) is 0. The SMILES string of the molecule is Nc1ccccc1C(=O)N=Nc1ccc(NOC(=O)c2ccccc2Br)cc1. The topological polar surface area (TPSA) is 106 Å². The molecule has 140 valence electrons. The Balaban J connectivity index is 1.59. The lowest BCUT2D eigenvalue weighted by molar-refractivity contribution is 0.0595. The van der Waals surface area contributed by atoms with Crippen molar-refractivity contribution in [2.75, 3.05) is 11.2 Å². The van der Waals surface area contributed by atoms with Crippen LogP contribution in [0, 0.1) is 0 Å². The highest BCUT2D eigenvalue weighted by Gasteiger charge is 2.11. The van der Waals surface area contributed by atoms with Crippen molar-refractivity contribution in [1.29, 1.82) is 0 Å². The van der Waals surface area contributed by atoms with Crippen molar-refractivity contribution in [3.8, 4) is 0 Å². The highest BCUT2D eigenvalue weighted by molar-refractivity contribution is 9.10. The molecule has 3 aromatic carbocycles. The van der Waals surface area contributed by atoms with Gasteiger partial charge in [-0.3, -0.25) is 4.79 Å². The predicted octanol–water partition coefficient (Wildman–Crippen LogP) is 5.14. The number of anilines is 2. The highest BCUT2D eigenvalue weighted by Crippen LogP contribution is 2.20. The summed E-state index contributed by atoms with van der Waals surface area (Å²) < 4.78 is 0.640. The molecule has 0 saturated carbocycles. The summed E-state index contributed by atoms with van der Waals surface area (Å²) in [5.74, 6) is -1.05. The first-order chi connectivity index (χ1) is 13.5. The Bertz CT molecular complexity index is 1040. The van der Waals surface area contributed by atoms with Gasteiger partial charge < -0.3 is 10.6 Å². The van der Waals surface area contributed by atoms with Crippen molar-refractivity contribution in [3.63, 3.8) is 0 Å². The largest absolute Gasteiger partial charge is 0.398 e. The summed E-state index contributed by atoms with van der Waals surface area (Å²) >= 11 is 3.30. The van der Waals surface area contributed by atoms with Crippen LogP contribution in [0.4, 0.5) is 17.1 Å². The van der Waals surface area contributed by atoms with Crippen molar-refractivity contribution in [2.45, 2.75) is 0 Å². The van der Waals surface area contributed by atoms with E-state index >= 15 is 0 Å². The van der Waals surface area contributed by atoms with Crippen LogP contribution in [0.2, 0.25) is 0 Å². The number of amides is 1. The molecular formula is C20H15BrN4O3. The molecule has 3 N–H and O–H groups in total. The molecule has 0 bridgehead atoms. The summed E-state index contributed by atoms with van der Waals surface area (Å²) in [5, 5.41) is 7.57. The van der Waals surface area contributed by atoms with E-state index in [0.29, 0.717) is 32.7 Å². The second-order valence-electron chi connectivity index (χ2n) is 5.61. The molecule has 0 fully saturated rings. The van der Waals surface area contributed by atoms with Gasteiger partial charge in [-0.1, -0.05) is 24.3 Å². The average Bonchev–Trinajstić information content (AvgIpc) is 2.71. The summed E-state index contributed by atoms with van der Waals surface area (Å²) in [4.78, 5) is 29.1. The Labute approximate surface area is 169 Å². The van der Waals surface area contributed by atoms with Gasteiger partial charge >= 0.3 is 5.97 Å². The third-order valence-electron chi connectivity index (χ3n) is 3.67. The van der Waals surface area contributed by atoms with Crippen LogP contribution < -0.4 is 11.2 Å². The Hall–Kier alpha value is -3.52. The first kappa shape index (κ1) is 19.2. The lowest BCUT2D eigenvalue weighted by Gasteiger charge is -2.07. The van der Waals surface area contributed by atoms with E-state index in [9.17, 15) is 9.59 Å². The standard InChI is InChI=1S/C20H15BrN4O3/c21-17-7-3-1-5-15(17)20(27)28-25-14-11-9-13(10-12-14)23-24-19(26)16-6-2-4-8-18(16)22/h1-12,25H,22H2. The number of carbonyl (C=O) groups is 2. The van der Waals surface area contributed by atoms with Gasteiger partial charge in [0.15, 0.2) is 0 Å². The first-order valence-electron chi connectivity index (χ1n) is 8.17. The van der Waals surface area contributed by atoms with E-state index in [4.69, 9.17) is 10.6 Å². The normalized spacial score (nSPS) is 10.6. The van der Waals surface area contributed by atoms with Gasteiger partial charge in [-0.2, -0.15) is 0 Å². The molecule has 7 nitrogen and oxygen atoms in total. The molecule has 0 atom stereocenters. The minimum Gasteiger partial charge on any atom is -0.398 e. The lowest BCUT2D eigenvalue weighted by Crippen LogP contribution is -2.11. The van der Waals surface area contributed by atoms with Crippen molar-refractivity contribution in [3.05, 3.63) is 88.4 Å². The maximum Gasteiger partial charge on any atom is 0.363 e. The van der Waals surface area contributed by atoms with E-state index in [1.807, 2.05) is 0 Å². The van der Waals surface area contributed by atoms with Crippen LogP contribution in [0.1, 0.15) is 20.7 Å². The van der Waals surface area contributed by atoms with Crippen molar-refractivity contribution < 1.29 is 14.4 Å². The van der Waals surface area contributed by atoms with Crippen LogP contribution in [0.5, 0.6) is 0 Å². The van der Waals surface area contributed by atoms with Gasteiger partial charge in [0.05, 0.1) is 22.5 Å². The molecule has 0 aromatic heterocycles. The molecule has 0 aliphatic carbocycles. The van der Waals surface area contributed by atoms with Crippen LogP contribution >= 0.6 is 15.9 Å². The first-order valence-corrected chi connectivity index (χ1v) is 8.96. The number of benzene rings is 3. The fourth-order valence-corrected chi connectivity index (χ4v) is 2.68. The fraction of sp³-hybridized carbons (Fsp3) is 0. The summed E-state index contributed by atoms with van der Waals surface area (Å²) in [6, 6.07) is 20.1. The number of carbonyl (C=O) groups excluding carboxylic acids is 2. The van der Waals surface area contributed by atoms with Gasteiger partial charge in [0, 0.05) is 10.2 Å². The Morgan fingerprint density at radius 2 is 1.54 bits per heavy atom. The van der Waals surface area contributed by atoms with Gasteiger partial charge in [0.1, 0.15) is 0 Å². The van der Waals surface area contributed by atoms with Gasteiger partial charge in [0.25, 0.3) is 5.91 Å². The maximum absolute atomic E-state index is 12.0. The number of nitrogens with two attached hydrogens (primary N) is 1. The minimum atomic E-state index is -0.526. The minimum absolute atomic E-state index is 0.295. The molecule has 3 rings (SSSR count). The fourth-order valence-electron chi connectivity index (χ4n) is 2.23. The van der Waals surface area contributed by atoms with E-state index < -0.39 is 11.9 Å². The number of hydrogen-bond donors (Lipinski definition) is 2. The van der Waals surface area contributed by atoms with Crippen molar-refractivity contribution in [2.24, 2.45) is 10.2 Å². The van der Waals surface area contributed by atoms with Crippen molar-refractivity contribution >= 4 is 44.9 Å². The molecule has 0 saturated heterocycles. The zero-order valence-electron chi connectivity index (χ0n) is 14.5. The van der Waals surface area contributed by atoms with Crippen LogP contribution in [-0.4, -0.2) is 11.9 Å². The zero-order valence-corrected chi connectivity index (χ0v) is 16.1. The van der Waals surface area contributed by atoms with Gasteiger partial charge in [-0.15, -0.1) is 10.2 Å². The molecule has 0 heterocycles. The quantitative estimate of drug-likeness (QED) is 0.325. The molecular weight excluding hydrogens is 424 g/mol. The molecule has 0 spiro atoms. The van der Waals surface area contributed by atoms with Gasteiger partial charge in [-0.05, 0) is 64.5 Å². The van der Waals surface area contributed by atoms with Crippen LogP contribution in [0.3, 0.4) is 0 Å². The number of hydrogen-bond acceptors (Lipinski definition) is 6. The molecule has 0 unspecified atom stereocenters. The third kappa shape index (κ3) is 4.80. The van der Waals surface area contributed by atoms with E-state index in [1.54, 1.807) is 72.8 Å². The molecule has 3 aromatic rings. The summed E-state index contributed by atoms with van der Waals surface area (Å²) in [5.41, 5.74) is 10.4. The number of azo groups is 1. The smallest absolute Gasteiger partial charge is 0.363 e.